The third-order valence-electron chi connectivity index (χ3n) is 2.72. The highest BCUT2D eigenvalue weighted by Crippen LogP contribution is 2.10. The maximum Gasteiger partial charge on any atom is 0.178 e. The number of hydrogen-bond acceptors (Lipinski definition) is 2. The van der Waals surface area contributed by atoms with Gasteiger partial charge in [-0.1, -0.05) is 44.2 Å². The molecule has 2 nitrogen and oxygen atoms in total. The molecular formula is C14H20O2S. The van der Waals surface area contributed by atoms with E-state index in [-0.39, 0.29) is 5.78 Å². The van der Waals surface area contributed by atoms with E-state index in [1.807, 2.05) is 18.2 Å². The monoisotopic (exact) mass is 252 g/mol. The third-order valence-corrected chi connectivity index (χ3v) is 4.36. The van der Waals surface area contributed by atoms with Crippen molar-refractivity contribution in [3.05, 3.63) is 35.9 Å². The minimum atomic E-state index is -1.07. The predicted octanol–water partition coefficient (Wildman–Crippen LogP) is 3.05. The first kappa shape index (κ1) is 14.1. The number of ketones is 1. The number of hydrogen-bond donors (Lipinski definition) is 0. The van der Waals surface area contributed by atoms with Crippen molar-refractivity contribution in [2.75, 3.05) is 5.75 Å². The lowest BCUT2D eigenvalue weighted by atomic mass is 10.1. The molecule has 0 bridgehead atoms. The second-order valence-corrected chi connectivity index (χ2v) is 6.52. The van der Waals surface area contributed by atoms with Crippen molar-refractivity contribution in [2.24, 2.45) is 5.92 Å². The van der Waals surface area contributed by atoms with Crippen molar-refractivity contribution in [2.45, 2.75) is 32.4 Å². The van der Waals surface area contributed by atoms with E-state index >= 15 is 0 Å². The van der Waals surface area contributed by atoms with E-state index in [0.29, 0.717) is 17.2 Å². The van der Waals surface area contributed by atoms with Crippen LogP contribution >= 0.6 is 0 Å². The van der Waals surface area contributed by atoms with Gasteiger partial charge in [0, 0.05) is 22.1 Å². The second-order valence-electron chi connectivity index (χ2n) is 4.64. The fraction of sp³-hybridized carbons (Fsp3) is 0.500. The lowest BCUT2D eigenvalue weighted by Crippen LogP contribution is -2.25. The Hall–Kier alpha value is -0.960. The summed E-state index contributed by atoms with van der Waals surface area (Å²) < 4.78 is 12.0. The number of carbonyl (C=O) groups is 1. The lowest BCUT2D eigenvalue weighted by molar-refractivity contribution is 0.0992. The van der Waals surface area contributed by atoms with Gasteiger partial charge in [0.05, 0.1) is 5.25 Å². The Morgan fingerprint density at radius 2 is 1.76 bits per heavy atom. The molecule has 3 heteroatoms. The molecule has 0 aliphatic carbocycles. The summed E-state index contributed by atoms with van der Waals surface area (Å²) in [5.74, 6) is 1.11. The van der Waals surface area contributed by atoms with Crippen molar-refractivity contribution in [1.82, 2.24) is 0 Å². The predicted molar refractivity (Wildman–Crippen MR) is 72.7 cm³/mol. The summed E-state index contributed by atoms with van der Waals surface area (Å²) in [6, 6.07) is 9.09. The molecule has 0 amide bonds. The van der Waals surface area contributed by atoms with E-state index in [9.17, 15) is 9.00 Å². The van der Waals surface area contributed by atoms with Gasteiger partial charge in [0.1, 0.15) is 0 Å². The molecule has 2 unspecified atom stereocenters. The number of rotatable bonds is 6. The van der Waals surface area contributed by atoms with Crippen LogP contribution in [0.1, 0.15) is 37.6 Å². The Bertz CT molecular complexity index is 384. The molecule has 0 spiro atoms. The Balaban J connectivity index is 2.61. The molecule has 0 saturated heterocycles. The van der Waals surface area contributed by atoms with Gasteiger partial charge >= 0.3 is 0 Å². The van der Waals surface area contributed by atoms with Crippen LogP contribution in [0.5, 0.6) is 0 Å². The van der Waals surface area contributed by atoms with Gasteiger partial charge < -0.3 is 0 Å². The molecule has 2 atom stereocenters. The van der Waals surface area contributed by atoms with Crippen LogP contribution in [0.15, 0.2) is 30.3 Å². The molecule has 0 heterocycles. The quantitative estimate of drug-likeness (QED) is 0.729. The lowest BCUT2D eigenvalue weighted by Gasteiger charge is -2.11. The van der Waals surface area contributed by atoms with Crippen molar-refractivity contribution in [1.29, 1.82) is 0 Å². The van der Waals surface area contributed by atoms with Crippen LogP contribution in [0.2, 0.25) is 0 Å². The summed E-state index contributed by atoms with van der Waals surface area (Å²) in [6.07, 6.45) is 0.902. The van der Waals surface area contributed by atoms with Gasteiger partial charge in [-0.3, -0.25) is 9.00 Å². The first-order chi connectivity index (χ1) is 8.02. The molecule has 1 aromatic carbocycles. The molecule has 0 saturated carbocycles. The summed E-state index contributed by atoms with van der Waals surface area (Å²) in [4.78, 5) is 12.0. The van der Waals surface area contributed by atoms with Crippen LogP contribution in [0, 0.1) is 5.92 Å². The van der Waals surface area contributed by atoms with Gasteiger partial charge in [0.25, 0.3) is 0 Å². The molecule has 0 aliphatic rings. The van der Waals surface area contributed by atoms with E-state index in [1.54, 1.807) is 19.1 Å². The van der Waals surface area contributed by atoms with E-state index in [1.165, 1.54) is 0 Å². The second kappa shape index (κ2) is 6.70. The van der Waals surface area contributed by atoms with Crippen LogP contribution in [-0.2, 0) is 10.8 Å². The molecular weight excluding hydrogens is 232 g/mol. The third kappa shape index (κ3) is 4.43. The van der Waals surface area contributed by atoms with Crippen molar-refractivity contribution in [3.8, 4) is 0 Å². The van der Waals surface area contributed by atoms with Crippen LogP contribution in [0.25, 0.3) is 0 Å². The van der Waals surface area contributed by atoms with Crippen LogP contribution in [0.4, 0.5) is 0 Å². The van der Waals surface area contributed by atoms with Gasteiger partial charge in [-0.15, -0.1) is 0 Å². The normalized spacial score (nSPS) is 14.6. The van der Waals surface area contributed by atoms with Gasteiger partial charge in [0.15, 0.2) is 5.78 Å². The molecule has 1 aromatic rings. The number of benzene rings is 1. The van der Waals surface area contributed by atoms with Crippen molar-refractivity contribution in [3.63, 3.8) is 0 Å². The first-order valence-corrected chi connectivity index (χ1v) is 7.37. The highest BCUT2D eigenvalue weighted by Gasteiger charge is 2.20. The average Bonchev–Trinajstić information content (AvgIpc) is 2.35. The topological polar surface area (TPSA) is 34.1 Å². The highest BCUT2D eigenvalue weighted by molar-refractivity contribution is 7.86. The largest absolute Gasteiger partial charge is 0.293 e. The maximum atomic E-state index is 12.0. The number of Topliss-reactive ketones (excluding diaryl/α,β-unsaturated/α-hetero) is 1. The van der Waals surface area contributed by atoms with Gasteiger partial charge in [-0.2, -0.15) is 0 Å². The number of carbonyl (C=O) groups excluding carboxylic acids is 1. The zero-order valence-electron chi connectivity index (χ0n) is 10.7. The van der Waals surface area contributed by atoms with E-state index in [0.717, 1.165) is 6.42 Å². The molecule has 0 N–H and O–H groups in total. The zero-order valence-corrected chi connectivity index (χ0v) is 11.5. The molecule has 94 valence electrons. The smallest absolute Gasteiger partial charge is 0.178 e. The standard InChI is InChI=1S/C14H20O2S/c1-11(2)9-10-17(16)12(3)14(15)13-7-5-4-6-8-13/h4-8,11-12H,9-10H2,1-3H3. The molecule has 0 aliphatic heterocycles. The molecule has 1 rings (SSSR count). The zero-order chi connectivity index (χ0) is 12.8. The summed E-state index contributed by atoms with van der Waals surface area (Å²) >= 11 is 0. The Morgan fingerprint density at radius 1 is 1.18 bits per heavy atom. The molecule has 0 aromatic heterocycles. The van der Waals surface area contributed by atoms with Crippen LogP contribution < -0.4 is 0 Å². The Kier molecular flexibility index (Phi) is 5.56. The van der Waals surface area contributed by atoms with E-state index in [2.05, 4.69) is 13.8 Å². The minimum absolute atomic E-state index is 0.0207. The average molecular weight is 252 g/mol. The van der Waals surface area contributed by atoms with Gasteiger partial charge in [0.2, 0.25) is 0 Å². The molecule has 0 fully saturated rings. The van der Waals surface area contributed by atoms with Crippen molar-refractivity contribution >= 4 is 16.6 Å². The Labute approximate surface area is 106 Å². The Morgan fingerprint density at radius 3 is 2.29 bits per heavy atom. The molecule has 17 heavy (non-hydrogen) atoms. The maximum absolute atomic E-state index is 12.0. The van der Waals surface area contributed by atoms with Crippen LogP contribution in [0.3, 0.4) is 0 Å². The van der Waals surface area contributed by atoms with E-state index in [4.69, 9.17) is 0 Å². The minimum Gasteiger partial charge on any atom is -0.293 e. The highest BCUT2D eigenvalue weighted by atomic mass is 32.2. The summed E-state index contributed by atoms with van der Waals surface area (Å²) in [7, 11) is -1.07. The van der Waals surface area contributed by atoms with Crippen molar-refractivity contribution < 1.29 is 9.00 Å². The molecule has 0 radical (unpaired) electrons. The summed E-state index contributed by atoms with van der Waals surface area (Å²) in [5, 5.41) is -0.406. The fourth-order valence-corrected chi connectivity index (χ4v) is 2.92. The van der Waals surface area contributed by atoms with Gasteiger partial charge in [-0.25, -0.2) is 0 Å². The summed E-state index contributed by atoms with van der Waals surface area (Å²) in [5.41, 5.74) is 0.651. The summed E-state index contributed by atoms with van der Waals surface area (Å²) in [6.45, 7) is 5.95. The first-order valence-electron chi connectivity index (χ1n) is 5.98. The fourth-order valence-electron chi connectivity index (χ4n) is 1.49. The van der Waals surface area contributed by atoms with Crippen LogP contribution in [-0.4, -0.2) is 21.0 Å². The van der Waals surface area contributed by atoms with Gasteiger partial charge in [-0.05, 0) is 19.3 Å². The SMILES string of the molecule is CC(C)CCS(=O)C(C)C(=O)c1ccccc1. The van der Waals surface area contributed by atoms with E-state index < -0.39 is 16.0 Å².